The Morgan fingerprint density at radius 1 is 1.83 bits per heavy atom. The Kier molecular flexibility index (Phi) is 3.35. The summed E-state index contributed by atoms with van der Waals surface area (Å²) >= 11 is 5.77. The summed E-state index contributed by atoms with van der Waals surface area (Å²) < 4.78 is 0. The molecule has 3 nitrogen and oxygen atoms in total. The van der Waals surface area contributed by atoms with E-state index in [2.05, 4.69) is 0 Å². The van der Waals surface area contributed by atoms with Crippen molar-refractivity contribution in [1.29, 1.82) is 0 Å². The van der Waals surface area contributed by atoms with Gasteiger partial charge in [0.2, 0.25) is 5.91 Å². The summed E-state index contributed by atoms with van der Waals surface area (Å²) in [5, 5.41) is 8.74. The molecule has 0 spiro atoms. The number of carbonyl (C=O) groups excluding carboxylic acids is 1. The minimum atomic E-state index is -0.421. The van der Waals surface area contributed by atoms with Crippen LogP contribution >= 0.6 is 11.6 Å². The van der Waals surface area contributed by atoms with E-state index in [1.165, 1.54) is 0 Å². The van der Waals surface area contributed by atoms with Crippen LogP contribution in [0.25, 0.3) is 0 Å². The molecule has 0 aromatic rings. The van der Waals surface area contributed by atoms with Gasteiger partial charge in [-0.25, -0.2) is 0 Å². The van der Waals surface area contributed by atoms with Crippen LogP contribution in [0.1, 0.15) is 19.8 Å². The van der Waals surface area contributed by atoms with Crippen LogP contribution in [-0.2, 0) is 4.79 Å². The van der Waals surface area contributed by atoms with Crippen LogP contribution in [0.15, 0.2) is 0 Å². The van der Waals surface area contributed by atoms with E-state index >= 15 is 0 Å². The normalized spacial score (nSPS) is 25.9. The lowest BCUT2D eigenvalue weighted by atomic mass is 10.3. The monoisotopic (exact) mass is 191 g/mol. The van der Waals surface area contributed by atoms with E-state index in [4.69, 9.17) is 16.7 Å². The molecule has 4 heteroatoms. The van der Waals surface area contributed by atoms with E-state index in [0.717, 1.165) is 0 Å². The van der Waals surface area contributed by atoms with Gasteiger partial charge in [-0.2, -0.15) is 0 Å². The number of hydrogen-bond donors (Lipinski definition) is 1. The summed E-state index contributed by atoms with van der Waals surface area (Å²) in [5.41, 5.74) is 0. The van der Waals surface area contributed by atoms with Crippen LogP contribution in [0.2, 0.25) is 0 Å². The van der Waals surface area contributed by atoms with Crippen molar-refractivity contribution < 1.29 is 9.90 Å². The Balaban J connectivity index is 2.43. The van der Waals surface area contributed by atoms with Crippen molar-refractivity contribution in [2.75, 3.05) is 13.1 Å². The van der Waals surface area contributed by atoms with Crippen LogP contribution in [-0.4, -0.2) is 40.5 Å². The van der Waals surface area contributed by atoms with E-state index in [1.807, 2.05) is 6.92 Å². The van der Waals surface area contributed by atoms with Gasteiger partial charge in [-0.15, -0.1) is 11.6 Å². The maximum Gasteiger partial charge on any atom is 0.240 e. The molecule has 1 saturated heterocycles. The largest absolute Gasteiger partial charge is 0.391 e. The number of rotatable bonds is 2. The number of amides is 1. The second-order valence-corrected chi connectivity index (χ2v) is 3.63. The lowest BCUT2D eigenvalue weighted by Gasteiger charge is -2.17. The zero-order chi connectivity index (χ0) is 9.14. The first-order valence-corrected chi connectivity index (χ1v) is 4.69. The average Bonchev–Trinajstić information content (AvgIpc) is 2.49. The number of alkyl halides is 1. The first kappa shape index (κ1) is 9.81. The van der Waals surface area contributed by atoms with Crippen LogP contribution in [0.5, 0.6) is 0 Å². The second kappa shape index (κ2) is 4.10. The smallest absolute Gasteiger partial charge is 0.240 e. The Hall–Kier alpha value is -0.280. The van der Waals surface area contributed by atoms with Gasteiger partial charge in [-0.3, -0.25) is 4.79 Å². The Morgan fingerprint density at radius 3 is 2.92 bits per heavy atom. The standard InChI is InChI=1S/C8H14ClNO2/c1-2-7(9)8(12)10-4-3-6(11)5-10/h6-7,11H,2-5H2,1H3/t6-,7+/m0/s1. The van der Waals surface area contributed by atoms with E-state index in [1.54, 1.807) is 4.90 Å². The highest BCUT2D eigenvalue weighted by atomic mass is 35.5. The van der Waals surface area contributed by atoms with Gasteiger partial charge < -0.3 is 10.0 Å². The molecule has 1 amide bonds. The summed E-state index contributed by atoms with van der Waals surface area (Å²) in [4.78, 5) is 13.0. The molecule has 1 N–H and O–H groups in total. The molecular weight excluding hydrogens is 178 g/mol. The summed E-state index contributed by atoms with van der Waals surface area (Å²) in [6.07, 6.45) is 0.973. The van der Waals surface area contributed by atoms with Crippen molar-refractivity contribution in [3.8, 4) is 0 Å². The topological polar surface area (TPSA) is 40.5 Å². The third kappa shape index (κ3) is 2.11. The molecule has 70 valence electrons. The van der Waals surface area contributed by atoms with Crippen LogP contribution in [0.3, 0.4) is 0 Å². The van der Waals surface area contributed by atoms with Gasteiger partial charge in [0.15, 0.2) is 0 Å². The van der Waals surface area contributed by atoms with Gasteiger partial charge in [0.25, 0.3) is 0 Å². The van der Waals surface area contributed by atoms with Crippen molar-refractivity contribution in [1.82, 2.24) is 4.90 Å². The molecule has 0 unspecified atom stereocenters. The van der Waals surface area contributed by atoms with Crippen molar-refractivity contribution in [2.45, 2.75) is 31.2 Å². The maximum absolute atomic E-state index is 11.4. The summed E-state index contributed by atoms with van der Waals surface area (Å²) in [6.45, 7) is 2.97. The molecule has 1 fully saturated rings. The van der Waals surface area contributed by atoms with Gasteiger partial charge >= 0.3 is 0 Å². The number of aliphatic hydroxyl groups is 1. The fourth-order valence-corrected chi connectivity index (χ4v) is 1.45. The number of halogens is 1. The van der Waals surface area contributed by atoms with E-state index in [9.17, 15) is 4.79 Å². The lowest BCUT2D eigenvalue weighted by molar-refractivity contribution is -0.130. The van der Waals surface area contributed by atoms with Gasteiger partial charge in [0, 0.05) is 13.1 Å². The quantitative estimate of drug-likeness (QED) is 0.650. The van der Waals surface area contributed by atoms with E-state index in [-0.39, 0.29) is 12.0 Å². The molecule has 12 heavy (non-hydrogen) atoms. The molecule has 0 aliphatic carbocycles. The number of nitrogens with zero attached hydrogens (tertiary/aromatic N) is 1. The average molecular weight is 192 g/mol. The molecular formula is C8H14ClNO2. The molecule has 1 aliphatic heterocycles. The molecule has 0 aromatic heterocycles. The van der Waals surface area contributed by atoms with Gasteiger partial charge in [-0.1, -0.05) is 6.92 Å². The molecule has 0 aromatic carbocycles. The first-order chi connectivity index (χ1) is 5.65. The van der Waals surface area contributed by atoms with Crippen LogP contribution in [0.4, 0.5) is 0 Å². The van der Waals surface area contributed by atoms with Crippen molar-refractivity contribution >= 4 is 17.5 Å². The van der Waals surface area contributed by atoms with E-state index < -0.39 is 5.38 Å². The Morgan fingerprint density at radius 2 is 2.50 bits per heavy atom. The predicted octanol–water partition coefficient (Wildman–Crippen LogP) is 0.597. The lowest BCUT2D eigenvalue weighted by Crippen LogP contribution is -2.35. The number of likely N-dealkylation sites (tertiary alicyclic amines) is 1. The molecule has 1 rings (SSSR count). The third-order valence-electron chi connectivity index (χ3n) is 2.10. The maximum atomic E-state index is 11.4. The molecule has 1 aliphatic rings. The van der Waals surface area contributed by atoms with Gasteiger partial charge in [0.1, 0.15) is 5.38 Å². The summed E-state index contributed by atoms with van der Waals surface area (Å²) in [7, 11) is 0. The Bertz CT molecular complexity index is 174. The Labute approximate surface area is 77.3 Å². The minimum absolute atomic E-state index is 0.0456. The number of hydrogen-bond acceptors (Lipinski definition) is 2. The summed E-state index contributed by atoms with van der Waals surface area (Å²) in [5.74, 6) is -0.0456. The fourth-order valence-electron chi connectivity index (χ4n) is 1.31. The third-order valence-corrected chi connectivity index (χ3v) is 2.60. The van der Waals surface area contributed by atoms with Crippen molar-refractivity contribution in [3.05, 3.63) is 0 Å². The second-order valence-electron chi connectivity index (χ2n) is 3.10. The van der Waals surface area contributed by atoms with E-state index in [0.29, 0.717) is 25.9 Å². The highest BCUT2D eigenvalue weighted by Gasteiger charge is 2.27. The molecule has 2 atom stereocenters. The highest BCUT2D eigenvalue weighted by Crippen LogP contribution is 2.13. The first-order valence-electron chi connectivity index (χ1n) is 4.26. The van der Waals surface area contributed by atoms with Gasteiger partial charge in [-0.05, 0) is 12.8 Å². The molecule has 0 radical (unpaired) electrons. The molecule has 0 bridgehead atoms. The number of β-amino-alcohol motifs (C(OH)–C–C–N with tert-alkyl or cyclic N) is 1. The highest BCUT2D eigenvalue weighted by molar-refractivity contribution is 6.30. The molecule has 0 saturated carbocycles. The number of carbonyl (C=O) groups is 1. The zero-order valence-corrected chi connectivity index (χ0v) is 7.92. The fraction of sp³-hybridized carbons (Fsp3) is 0.875. The number of aliphatic hydroxyl groups excluding tert-OH is 1. The van der Waals surface area contributed by atoms with Crippen LogP contribution < -0.4 is 0 Å². The van der Waals surface area contributed by atoms with Gasteiger partial charge in [0.05, 0.1) is 6.10 Å². The SMILES string of the molecule is CC[C@@H](Cl)C(=O)N1CC[C@H](O)C1. The predicted molar refractivity (Wildman–Crippen MR) is 47.1 cm³/mol. The summed E-state index contributed by atoms with van der Waals surface area (Å²) in [6, 6.07) is 0. The van der Waals surface area contributed by atoms with Crippen LogP contribution in [0, 0.1) is 0 Å². The zero-order valence-electron chi connectivity index (χ0n) is 7.16. The molecule has 1 heterocycles. The van der Waals surface area contributed by atoms with Crippen molar-refractivity contribution in [2.24, 2.45) is 0 Å². The van der Waals surface area contributed by atoms with Crippen molar-refractivity contribution in [3.63, 3.8) is 0 Å². The minimum Gasteiger partial charge on any atom is -0.391 e.